The lowest BCUT2D eigenvalue weighted by Crippen LogP contribution is -2.47. The van der Waals surface area contributed by atoms with Crippen molar-refractivity contribution in [1.82, 2.24) is 19.7 Å². The summed E-state index contributed by atoms with van der Waals surface area (Å²) < 4.78 is 28.4. The van der Waals surface area contributed by atoms with Gasteiger partial charge in [-0.2, -0.15) is 5.10 Å². The van der Waals surface area contributed by atoms with Gasteiger partial charge in [-0.15, -0.1) is 0 Å². The number of likely N-dealkylation sites (tertiary alicyclic amines) is 1. The van der Waals surface area contributed by atoms with Gasteiger partial charge < -0.3 is 9.80 Å². The SMILES string of the molecule is O=C(C1CCN(c2cnccc2-n2cc(Cl)cn2)CC1)N1CCC(F)(F)CC1. The van der Waals surface area contributed by atoms with Gasteiger partial charge in [-0.25, -0.2) is 13.5 Å². The molecule has 9 heteroatoms. The van der Waals surface area contributed by atoms with Gasteiger partial charge in [0.15, 0.2) is 0 Å². The van der Waals surface area contributed by atoms with Crippen LogP contribution in [-0.2, 0) is 4.79 Å². The molecule has 1 amide bonds. The minimum Gasteiger partial charge on any atom is -0.368 e. The second-order valence-electron chi connectivity index (χ2n) is 7.41. The lowest BCUT2D eigenvalue weighted by molar-refractivity contribution is -0.142. The number of nitrogens with zero attached hydrogens (tertiary/aromatic N) is 5. The van der Waals surface area contributed by atoms with E-state index in [0.29, 0.717) is 31.0 Å². The number of pyridine rings is 1. The molecule has 2 fully saturated rings. The summed E-state index contributed by atoms with van der Waals surface area (Å²) in [6.45, 7) is 1.71. The number of piperidine rings is 2. The Balaban J connectivity index is 1.41. The summed E-state index contributed by atoms with van der Waals surface area (Å²) in [5.41, 5.74) is 1.82. The molecule has 0 spiro atoms. The monoisotopic (exact) mass is 409 g/mol. The van der Waals surface area contributed by atoms with Crippen LogP contribution in [-0.4, -0.2) is 57.7 Å². The Morgan fingerprint density at radius 2 is 1.82 bits per heavy atom. The first kappa shape index (κ1) is 19.1. The molecule has 6 nitrogen and oxygen atoms in total. The van der Waals surface area contributed by atoms with E-state index in [1.807, 2.05) is 6.07 Å². The van der Waals surface area contributed by atoms with E-state index in [4.69, 9.17) is 11.6 Å². The first-order valence-corrected chi connectivity index (χ1v) is 9.87. The molecule has 0 radical (unpaired) electrons. The number of hydrogen-bond acceptors (Lipinski definition) is 4. The molecule has 0 aromatic carbocycles. The molecule has 2 aromatic heterocycles. The van der Waals surface area contributed by atoms with E-state index in [1.165, 1.54) is 0 Å². The quantitative estimate of drug-likeness (QED) is 0.779. The summed E-state index contributed by atoms with van der Waals surface area (Å²) in [6.07, 6.45) is 7.74. The predicted octanol–water partition coefficient (Wildman–Crippen LogP) is 3.39. The summed E-state index contributed by atoms with van der Waals surface area (Å²) in [6, 6.07) is 1.88. The van der Waals surface area contributed by atoms with E-state index in [0.717, 1.165) is 11.4 Å². The van der Waals surface area contributed by atoms with Crippen LogP contribution in [0.25, 0.3) is 5.69 Å². The molecule has 150 valence electrons. The van der Waals surface area contributed by atoms with E-state index in [9.17, 15) is 13.6 Å². The molecule has 0 aliphatic carbocycles. The molecule has 28 heavy (non-hydrogen) atoms. The molecule has 0 saturated carbocycles. The molecular formula is C19H22ClF2N5O. The summed E-state index contributed by atoms with van der Waals surface area (Å²) >= 11 is 5.99. The Labute approximate surface area is 167 Å². The number of carbonyl (C=O) groups is 1. The van der Waals surface area contributed by atoms with Crippen molar-refractivity contribution in [3.63, 3.8) is 0 Å². The molecule has 4 rings (SSSR count). The van der Waals surface area contributed by atoms with Crippen LogP contribution >= 0.6 is 11.6 Å². The Morgan fingerprint density at radius 1 is 1.11 bits per heavy atom. The first-order chi connectivity index (χ1) is 13.4. The van der Waals surface area contributed by atoms with Crippen molar-refractivity contribution in [2.24, 2.45) is 5.92 Å². The van der Waals surface area contributed by atoms with Gasteiger partial charge in [-0.3, -0.25) is 9.78 Å². The van der Waals surface area contributed by atoms with E-state index in [-0.39, 0.29) is 37.8 Å². The molecule has 0 bridgehead atoms. The van der Waals surface area contributed by atoms with Gasteiger partial charge in [0.25, 0.3) is 5.92 Å². The molecule has 0 unspecified atom stereocenters. The Hall–Kier alpha value is -2.22. The van der Waals surface area contributed by atoms with Crippen LogP contribution in [0.5, 0.6) is 0 Å². The van der Waals surface area contributed by atoms with Crippen LogP contribution < -0.4 is 4.90 Å². The lowest BCUT2D eigenvalue weighted by Gasteiger charge is -2.38. The summed E-state index contributed by atoms with van der Waals surface area (Å²) in [4.78, 5) is 20.7. The van der Waals surface area contributed by atoms with E-state index < -0.39 is 5.92 Å². The predicted molar refractivity (Wildman–Crippen MR) is 102 cm³/mol. The van der Waals surface area contributed by atoms with Crippen LogP contribution in [0.3, 0.4) is 0 Å². The topological polar surface area (TPSA) is 54.3 Å². The molecule has 2 aliphatic heterocycles. The van der Waals surface area contributed by atoms with Crippen LogP contribution in [0.2, 0.25) is 5.02 Å². The van der Waals surface area contributed by atoms with Crippen molar-refractivity contribution in [3.8, 4) is 5.69 Å². The fourth-order valence-corrected chi connectivity index (χ4v) is 4.06. The van der Waals surface area contributed by atoms with Crippen LogP contribution in [0.1, 0.15) is 25.7 Å². The molecule has 0 N–H and O–H groups in total. The summed E-state index contributed by atoms with van der Waals surface area (Å²) in [5, 5.41) is 4.82. The van der Waals surface area contributed by atoms with Gasteiger partial charge in [0.05, 0.1) is 28.8 Å². The van der Waals surface area contributed by atoms with Crippen molar-refractivity contribution >= 4 is 23.2 Å². The number of carbonyl (C=O) groups excluding carboxylic acids is 1. The van der Waals surface area contributed by atoms with Gasteiger partial charge in [-0.1, -0.05) is 11.6 Å². The maximum Gasteiger partial charge on any atom is 0.251 e. The fraction of sp³-hybridized carbons (Fsp3) is 0.526. The minimum atomic E-state index is -2.63. The average Bonchev–Trinajstić information content (AvgIpc) is 3.14. The summed E-state index contributed by atoms with van der Waals surface area (Å²) in [7, 11) is 0. The first-order valence-electron chi connectivity index (χ1n) is 9.49. The summed E-state index contributed by atoms with van der Waals surface area (Å²) in [5.74, 6) is -2.73. The number of aromatic nitrogens is 3. The molecule has 2 aromatic rings. The molecular weight excluding hydrogens is 388 g/mol. The second kappa shape index (κ2) is 7.66. The maximum atomic E-state index is 13.3. The Morgan fingerprint density at radius 3 is 2.46 bits per heavy atom. The number of anilines is 1. The number of rotatable bonds is 3. The van der Waals surface area contributed by atoms with Gasteiger partial charge in [-0.05, 0) is 18.9 Å². The number of amides is 1. The average molecular weight is 410 g/mol. The van der Waals surface area contributed by atoms with E-state index >= 15 is 0 Å². The third kappa shape index (κ3) is 3.97. The Bertz CT molecular complexity index is 840. The maximum absolute atomic E-state index is 13.3. The third-order valence-corrected chi connectivity index (χ3v) is 5.76. The lowest BCUT2D eigenvalue weighted by atomic mass is 9.93. The standard InChI is InChI=1S/C19H22ClF2N5O/c20-15-11-24-27(13-15)16-1-6-23-12-17(16)25-7-2-14(3-8-25)18(28)26-9-4-19(21,22)5-10-26/h1,6,11-14H,2-5,7-10H2. The molecule has 0 atom stereocenters. The second-order valence-corrected chi connectivity index (χ2v) is 7.85. The highest BCUT2D eigenvalue weighted by molar-refractivity contribution is 6.30. The van der Waals surface area contributed by atoms with Gasteiger partial charge in [0.2, 0.25) is 5.91 Å². The zero-order valence-corrected chi connectivity index (χ0v) is 16.2. The van der Waals surface area contributed by atoms with Crippen LogP contribution in [0, 0.1) is 5.92 Å². The number of hydrogen-bond donors (Lipinski definition) is 0. The normalized spacial score (nSPS) is 20.4. The number of halogens is 3. The number of alkyl halides is 2. The zero-order valence-electron chi connectivity index (χ0n) is 15.4. The molecule has 2 aliphatic rings. The molecule has 4 heterocycles. The zero-order chi connectivity index (χ0) is 19.7. The highest BCUT2D eigenvalue weighted by atomic mass is 35.5. The fourth-order valence-electron chi connectivity index (χ4n) is 3.93. The highest BCUT2D eigenvalue weighted by Crippen LogP contribution is 2.32. The van der Waals surface area contributed by atoms with Gasteiger partial charge in [0.1, 0.15) is 0 Å². The van der Waals surface area contributed by atoms with Gasteiger partial charge >= 0.3 is 0 Å². The largest absolute Gasteiger partial charge is 0.368 e. The van der Waals surface area contributed by atoms with Crippen molar-refractivity contribution < 1.29 is 13.6 Å². The van der Waals surface area contributed by atoms with Crippen molar-refractivity contribution in [2.45, 2.75) is 31.6 Å². The van der Waals surface area contributed by atoms with Gasteiger partial charge in [0, 0.05) is 57.3 Å². The van der Waals surface area contributed by atoms with E-state index in [2.05, 4.69) is 15.0 Å². The smallest absolute Gasteiger partial charge is 0.251 e. The van der Waals surface area contributed by atoms with E-state index in [1.54, 1.807) is 34.4 Å². The van der Waals surface area contributed by atoms with Crippen molar-refractivity contribution in [1.29, 1.82) is 0 Å². The third-order valence-electron chi connectivity index (χ3n) is 5.57. The highest BCUT2D eigenvalue weighted by Gasteiger charge is 2.38. The van der Waals surface area contributed by atoms with Crippen LogP contribution in [0.4, 0.5) is 14.5 Å². The molecule has 2 saturated heterocycles. The van der Waals surface area contributed by atoms with Crippen LogP contribution in [0.15, 0.2) is 30.9 Å². The van der Waals surface area contributed by atoms with Crippen molar-refractivity contribution in [3.05, 3.63) is 35.9 Å². The Kier molecular flexibility index (Phi) is 5.23. The minimum absolute atomic E-state index is 0.0143. The van der Waals surface area contributed by atoms with Crippen molar-refractivity contribution in [2.75, 3.05) is 31.1 Å².